The van der Waals surface area contributed by atoms with Gasteiger partial charge in [-0.05, 0) is 32.9 Å². The van der Waals surface area contributed by atoms with E-state index in [0.29, 0.717) is 12.5 Å². The first-order valence-corrected chi connectivity index (χ1v) is 5.05. The predicted octanol–water partition coefficient (Wildman–Crippen LogP) is 1.42. The van der Waals surface area contributed by atoms with Gasteiger partial charge >= 0.3 is 5.97 Å². The Hall–Kier alpha value is -0.570. The van der Waals surface area contributed by atoms with Crippen molar-refractivity contribution in [2.24, 2.45) is 0 Å². The molecular formula is C10H19NO2. The highest BCUT2D eigenvalue weighted by Crippen LogP contribution is 2.13. The summed E-state index contributed by atoms with van der Waals surface area (Å²) in [5.74, 6) is -0.0990. The first kappa shape index (κ1) is 10.5. The highest BCUT2D eigenvalue weighted by molar-refractivity contribution is 5.69. The van der Waals surface area contributed by atoms with Crippen molar-refractivity contribution in [3.05, 3.63) is 0 Å². The molecule has 1 aliphatic heterocycles. The molecule has 0 amide bonds. The largest absolute Gasteiger partial charge is 0.469 e. The third-order valence-electron chi connectivity index (χ3n) is 2.70. The van der Waals surface area contributed by atoms with Crippen molar-refractivity contribution in [2.45, 2.75) is 38.6 Å². The molecule has 1 unspecified atom stereocenters. The van der Waals surface area contributed by atoms with Gasteiger partial charge in [-0.25, -0.2) is 0 Å². The van der Waals surface area contributed by atoms with Gasteiger partial charge in [0.15, 0.2) is 0 Å². The van der Waals surface area contributed by atoms with E-state index in [-0.39, 0.29) is 5.97 Å². The van der Waals surface area contributed by atoms with Crippen molar-refractivity contribution >= 4 is 5.97 Å². The van der Waals surface area contributed by atoms with Crippen molar-refractivity contribution in [3.63, 3.8) is 0 Å². The number of likely N-dealkylation sites (tertiary alicyclic amines) is 1. The lowest BCUT2D eigenvalue weighted by atomic mass is 10.1. The summed E-state index contributed by atoms with van der Waals surface area (Å²) in [7, 11) is 1.45. The summed E-state index contributed by atoms with van der Waals surface area (Å²) < 4.78 is 4.65. The van der Waals surface area contributed by atoms with E-state index in [0.717, 1.165) is 13.1 Å². The zero-order valence-corrected chi connectivity index (χ0v) is 8.58. The number of esters is 1. The molecular weight excluding hydrogens is 166 g/mol. The van der Waals surface area contributed by atoms with Crippen LogP contribution >= 0.6 is 0 Å². The molecule has 1 aliphatic rings. The van der Waals surface area contributed by atoms with Crippen LogP contribution in [-0.2, 0) is 9.53 Å². The molecule has 1 rings (SSSR count). The molecule has 1 heterocycles. The standard InChI is InChI=1S/C10H19NO2/c1-9(8-10(12)13-2)11-6-4-3-5-7-11/h9H,3-8H2,1-2H3. The first-order valence-electron chi connectivity index (χ1n) is 5.05. The van der Waals surface area contributed by atoms with Crippen LogP contribution in [0.2, 0.25) is 0 Å². The van der Waals surface area contributed by atoms with Gasteiger partial charge in [0.1, 0.15) is 0 Å². The third-order valence-corrected chi connectivity index (χ3v) is 2.70. The molecule has 0 aromatic rings. The maximum absolute atomic E-state index is 11.0. The van der Waals surface area contributed by atoms with Crippen molar-refractivity contribution in [2.75, 3.05) is 20.2 Å². The fourth-order valence-corrected chi connectivity index (χ4v) is 1.81. The van der Waals surface area contributed by atoms with Crippen molar-refractivity contribution in [1.82, 2.24) is 4.90 Å². The molecule has 3 heteroatoms. The third kappa shape index (κ3) is 3.35. The van der Waals surface area contributed by atoms with Gasteiger partial charge in [0, 0.05) is 6.04 Å². The Morgan fingerprint density at radius 2 is 2.00 bits per heavy atom. The monoisotopic (exact) mass is 185 g/mol. The summed E-state index contributed by atoms with van der Waals surface area (Å²) in [6.45, 7) is 4.37. The quantitative estimate of drug-likeness (QED) is 0.623. The van der Waals surface area contributed by atoms with E-state index in [4.69, 9.17) is 0 Å². The van der Waals surface area contributed by atoms with E-state index in [1.165, 1.54) is 26.4 Å². The highest BCUT2D eigenvalue weighted by atomic mass is 16.5. The molecule has 1 saturated heterocycles. The lowest BCUT2D eigenvalue weighted by Crippen LogP contribution is -2.38. The van der Waals surface area contributed by atoms with Gasteiger partial charge in [0.2, 0.25) is 0 Å². The average molecular weight is 185 g/mol. The van der Waals surface area contributed by atoms with E-state index in [1.807, 2.05) is 0 Å². The molecule has 0 saturated carbocycles. The molecule has 1 atom stereocenters. The molecule has 0 bridgehead atoms. The van der Waals surface area contributed by atoms with Crippen molar-refractivity contribution in [3.8, 4) is 0 Å². The molecule has 76 valence electrons. The maximum atomic E-state index is 11.0. The molecule has 3 nitrogen and oxygen atoms in total. The van der Waals surface area contributed by atoms with Crippen LogP contribution in [0.4, 0.5) is 0 Å². The van der Waals surface area contributed by atoms with E-state index >= 15 is 0 Å². The van der Waals surface area contributed by atoms with Crippen LogP contribution in [0.1, 0.15) is 32.6 Å². The van der Waals surface area contributed by atoms with Crippen molar-refractivity contribution in [1.29, 1.82) is 0 Å². The molecule has 0 radical (unpaired) electrons. The fourth-order valence-electron chi connectivity index (χ4n) is 1.81. The molecule has 0 N–H and O–H groups in total. The Labute approximate surface area is 80.1 Å². The van der Waals surface area contributed by atoms with Crippen LogP contribution in [0.15, 0.2) is 0 Å². The smallest absolute Gasteiger partial charge is 0.307 e. The maximum Gasteiger partial charge on any atom is 0.307 e. The average Bonchev–Trinajstić information content (AvgIpc) is 2.19. The minimum atomic E-state index is -0.0990. The molecule has 0 aromatic heterocycles. The fraction of sp³-hybridized carbons (Fsp3) is 0.900. The zero-order valence-electron chi connectivity index (χ0n) is 8.58. The van der Waals surface area contributed by atoms with Crippen LogP contribution in [0.3, 0.4) is 0 Å². The summed E-state index contributed by atoms with van der Waals surface area (Å²) in [5, 5.41) is 0. The van der Waals surface area contributed by atoms with Crippen LogP contribution < -0.4 is 0 Å². The predicted molar refractivity (Wildman–Crippen MR) is 51.5 cm³/mol. The second-order valence-electron chi connectivity index (χ2n) is 3.73. The summed E-state index contributed by atoms with van der Waals surface area (Å²) in [6.07, 6.45) is 4.40. The number of ether oxygens (including phenoxy) is 1. The second kappa shape index (κ2) is 5.22. The second-order valence-corrected chi connectivity index (χ2v) is 3.73. The first-order chi connectivity index (χ1) is 6.24. The number of carbonyl (C=O) groups excluding carboxylic acids is 1. The molecule has 0 aliphatic carbocycles. The zero-order chi connectivity index (χ0) is 9.68. The van der Waals surface area contributed by atoms with E-state index < -0.39 is 0 Å². The van der Waals surface area contributed by atoms with Crippen LogP contribution in [0.25, 0.3) is 0 Å². The summed E-state index contributed by atoms with van der Waals surface area (Å²) in [4.78, 5) is 13.4. The van der Waals surface area contributed by atoms with Crippen LogP contribution in [-0.4, -0.2) is 37.1 Å². The van der Waals surface area contributed by atoms with Gasteiger partial charge in [0.05, 0.1) is 13.5 Å². The Kier molecular flexibility index (Phi) is 4.22. The van der Waals surface area contributed by atoms with Crippen LogP contribution in [0, 0.1) is 0 Å². The number of rotatable bonds is 3. The number of piperidine rings is 1. The normalized spacial score (nSPS) is 21.1. The Balaban J connectivity index is 2.28. The Morgan fingerprint density at radius 1 is 1.38 bits per heavy atom. The number of hydrogen-bond acceptors (Lipinski definition) is 3. The van der Waals surface area contributed by atoms with E-state index in [1.54, 1.807) is 0 Å². The molecule has 1 fully saturated rings. The SMILES string of the molecule is COC(=O)CC(C)N1CCCCC1. The number of nitrogens with zero attached hydrogens (tertiary/aromatic N) is 1. The van der Waals surface area contributed by atoms with Crippen LogP contribution in [0.5, 0.6) is 0 Å². The Bertz CT molecular complexity index is 164. The summed E-state index contributed by atoms with van der Waals surface area (Å²) >= 11 is 0. The molecule has 13 heavy (non-hydrogen) atoms. The minimum absolute atomic E-state index is 0.0990. The van der Waals surface area contributed by atoms with E-state index in [9.17, 15) is 4.79 Å². The summed E-state index contributed by atoms with van der Waals surface area (Å²) in [5.41, 5.74) is 0. The lowest BCUT2D eigenvalue weighted by molar-refractivity contribution is -0.142. The van der Waals surface area contributed by atoms with Gasteiger partial charge in [-0.1, -0.05) is 6.42 Å². The Morgan fingerprint density at radius 3 is 2.54 bits per heavy atom. The minimum Gasteiger partial charge on any atom is -0.469 e. The number of methoxy groups -OCH3 is 1. The van der Waals surface area contributed by atoms with Gasteiger partial charge in [-0.3, -0.25) is 4.79 Å². The molecule has 0 spiro atoms. The van der Waals surface area contributed by atoms with Gasteiger partial charge in [-0.2, -0.15) is 0 Å². The number of hydrogen-bond donors (Lipinski definition) is 0. The lowest BCUT2D eigenvalue weighted by Gasteiger charge is -2.31. The molecule has 0 aromatic carbocycles. The summed E-state index contributed by atoms with van der Waals surface area (Å²) in [6, 6.07) is 0.341. The van der Waals surface area contributed by atoms with Gasteiger partial charge in [-0.15, -0.1) is 0 Å². The topological polar surface area (TPSA) is 29.5 Å². The van der Waals surface area contributed by atoms with Crippen molar-refractivity contribution < 1.29 is 9.53 Å². The highest BCUT2D eigenvalue weighted by Gasteiger charge is 2.19. The van der Waals surface area contributed by atoms with Gasteiger partial charge < -0.3 is 9.64 Å². The van der Waals surface area contributed by atoms with E-state index in [2.05, 4.69) is 16.6 Å². The number of carbonyl (C=O) groups is 1. The van der Waals surface area contributed by atoms with Gasteiger partial charge in [0.25, 0.3) is 0 Å².